The molecule has 0 aliphatic heterocycles. The number of hydrogen-bond acceptors (Lipinski definition) is 3. The van der Waals surface area contributed by atoms with Crippen molar-refractivity contribution in [1.29, 1.82) is 0 Å². The highest BCUT2D eigenvalue weighted by molar-refractivity contribution is 6.04. The molecule has 0 spiro atoms. The largest absolute Gasteiger partial charge is 0.322 e. The first-order valence-electron chi connectivity index (χ1n) is 8.54. The molecule has 5 heteroatoms. The Morgan fingerprint density at radius 2 is 1.33 bits per heavy atom. The van der Waals surface area contributed by atoms with Crippen LogP contribution in [0.3, 0.4) is 0 Å². The molecule has 0 radical (unpaired) electrons. The molecule has 0 saturated heterocycles. The van der Waals surface area contributed by atoms with Crippen molar-refractivity contribution in [2.75, 3.05) is 5.32 Å². The highest BCUT2D eigenvalue weighted by atomic mass is 16.2. The predicted octanol–water partition coefficient (Wildman–Crippen LogP) is 3.90. The molecule has 27 heavy (non-hydrogen) atoms. The molecule has 0 bridgehead atoms. The zero-order valence-electron chi connectivity index (χ0n) is 14.6. The summed E-state index contributed by atoms with van der Waals surface area (Å²) in [6.45, 7) is 0. The van der Waals surface area contributed by atoms with E-state index in [0.29, 0.717) is 23.2 Å². The van der Waals surface area contributed by atoms with Gasteiger partial charge in [0, 0.05) is 29.4 Å². The normalized spacial score (nSPS) is 10.5. The molecular formula is C22H19N3O2. The fourth-order valence-electron chi connectivity index (χ4n) is 2.43. The van der Waals surface area contributed by atoms with E-state index in [1.54, 1.807) is 54.7 Å². The Morgan fingerprint density at radius 3 is 2.00 bits per heavy atom. The Kier molecular flexibility index (Phi) is 6.09. The highest BCUT2D eigenvalue weighted by Gasteiger charge is 2.07. The lowest BCUT2D eigenvalue weighted by Gasteiger charge is -2.06. The molecule has 0 fully saturated rings. The van der Waals surface area contributed by atoms with Crippen molar-refractivity contribution in [1.82, 2.24) is 5.43 Å². The van der Waals surface area contributed by atoms with Gasteiger partial charge in [-0.3, -0.25) is 9.59 Å². The van der Waals surface area contributed by atoms with Crippen LogP contribution in [0.1, 0.15) is 26.3 Å². The Labute approximate surface area is 157 Å². The van der Waals surface area contributed by atoms with E-state index in [-0.39, 0.29) is 11.8 Å². The lowest BCUT2D eigenvalue weighted by atomic mass is 10.1. The second-order valence-electron chi connectivity index (χ2n) is 5.84. The first kappa shape index (κ1) is 18.1. The monoisotopic (exact) mass is 357 g/mol. The standard InChI is InChI=1S/C22H19N3O2/c26-21(18-9-5-2-6-10-18)24-20-13-11-19(12-14-20)22(27)25-23-16-15-17-7-3-1-4-8-17/h1-14,16H,15H2,(H,24,26)(H,25,27). The van der Waals surface area contributed by atoms with Crippen molar-refractivity contribution in [3.63, 3.8) is 0 Å². The summed E-state index contributed by atoms with van der Waals surface area (Å²) in [5, 5.41) is 6.75. The van der Waals surface area contributed by atoms with Crippen molar-refractivity contribution in [3.8, 4) is 0 Å². The molecule has 0 aliphatic carbocycles. The molecule has 0 saturated carbocycles. The number of amides is 2. The van der Waals surface area contributed by atoms with Crippen LogP contribution in [0, 0.1) is 0 Å². The number of benzene rings is 3. The lowest BCUT2D eigenvalue weighted by Crippen LogP contribution is -2.18. The molecule has 2 amide bonds. The van der Waals surface area contributed by atoms with E-state index in [9.17, 15) is 9.59 Å². The minimum atomic E-state index is -0.305. The van der Waals surface area contributed by atoms with E-state index in [4.69, 9.17) is 0 Å². The summed E-state index contributed by atoms with van der Waals surface area (Å²) < 4.78 is 0. The van der Waals surface area contributed by atoms with Gasteiger partial charge in [-0.15, -0.1) is 0 Å². The third-order valence-electron chi connectivity index (χ3n) is 3.87. The van der Waals surface area contributed by atoms with E-state index >= 15 is 0 Å². The summed E-state index contributed by atoms with van der Waals surface area (Å²) in [5.74, 6) is -0.501. The molecule has 3 rings (SSSR count). The first-order chi connectivity index (χ1) is 13.2. The summed E-state index contributed by atoms with van der Waals surface area (Å²) in [4.78, 5) is 24.2. The summed E-state index contributed by atoms with van der Waals surface area (Å²) in [5.41, 5.74) is 5.27. The second kappa shape index (κ2) is 9.10. The predicted molar refractivity (Wildman–Crippen MR) is 107 cm³/mol. The van der Waals surface area contributed by atoms with Gasteiger partial charge in [-0.2, -0.15) is 5.10 Å². The number of anilines is 1. The SMILES string of the molecule is O=C(NN=CCc1ccccc1)c1ccc(NC(=O)c2ccccc2)cc1. The van der Waals surface area contributed by atoms with Crippen LogP contribution in [0.2, 0.25) is 0 Å². The van der Waals surface area contributed by atoms with E-state index < -0.39 is 0 Å². The van der Waals surface area contributed by atoms with Crippen LogP contribution >= 0.6 is 0 Å². The van der Waals surface area contributed by atoms with Gasteiger partial charge in [0.1, 0.15) is 0 Å². The van der Waals surface area contributed by atoms with E-state index in [2.05, 4.69) is 15.8 Å². The van der Waals surface area contributed by atoms with E-state index in [0.717, 1.165) is 5.56 Å². The number of nitrogens with one attached hydrogen (secondary N) is 2. The third-order valence-corrected chi connectivity index (χ3v) is 3.87. The quantitative estimate of drug-likeness (QED) is 0.519. The number of rotatable bonds is 6. The number of hydrazone groups is 1. The lowest BCUT2D eigenvalue weighted by molar-refractivity contribution is 0.0954. The summed E-state index contributed by atoms with van der Waals surface area (Å²) in [7, 11) is 0. The third kappa shape index (κ3) is 5.37. The van der Waals surface area contributed by atoms with Gasteiger partial charge in [-0.05, 0) is 42.0 Å². The van der Waals surface area contributed by atoms with Crippen LogP contribution < -0.4 is 10.7 Å². The van der Waals surface area contributed by atoms with Crippen LogP contribution in [0.4, 0.5) is 5.69 Å². The minimum absolute atomic E-state index is 0.196. The molecule has 2 N–H and O–H groups in total. The van der Waals surface area contributed by atoms with Gasteiger partial charge in [0.25, 0.3) is 11.8 Å². The zero-order chi connectivity index (χ0) is 18.9. The van der Waals surface area contributed by atoms with Crippen molar-refractivity contribution >= 4 is 23.7 Å². The van der Waals surface area contributed by atoms with Crippen molar-refractivity contribution < 1.29 is 9.59 Å². The van der Waals surface area contributed by atoms with Gasteiger partial charge in [0.15, 0.2) is 0 Å². The molecule has 0 heterocycles. The average molecular weight is 357 g/mol. The molecule has 0 aromatic heterocycles. The summed E-state index contributed by atoms with van der Waals surface area (Å²) in [6.07, 6.45) is 2.30. The molecule has 0 aliphatic rings. The van der Waals surface area contributed by atoms with Crippen LogP contribution in [-0.4, -0.2) is 18.0 Å². The van der Waals surface area contributed by atoms with Gasteiger partial charge < -0.3 is 5.32 Å². The summed E-state index contributed by atoms with van der Waals surface area (Å²) in [6, 6.07) is 25.5. The van der Waals surface area contributed by atoms with Crippen LogP contribution in [0.5, 0.6) is 0 Å². The first-order valence-corrected chi connectivity index (χ1v) is 8.54. The maximum Gasteiger partial charge on any atom is 0.271 e. The molecule has 0 unspecified atom stereocenters. The van der Waals surface area contributed by atoms with Crippen LogP contribution in [0.25, 0.3) is 0 Å². The zero-order valence-corrected chi connectivity index (χ0v) is 14.6. The maximum atomic E-state index is 12.1. The Balaban J connectivity index is 1.52. The van der Waals surface area contributed by atoms with Gasteiger partial charge in [0.05, 0.1) is 0 Å². The maximum absolute atomic E-state index is 12.1. The highest BCUT2D eigenvalue weighted by Crippen LogP contribution is 2.11. The minimum Gasteiger partial charge on any atom is -0.322 e. The fraction of sp³-hybridized carbons (Fsp3) is 0.0455. The molecular weight excluding hydrogens is 338 g/mol. The Morgan fingerprint density at radius 1 is 0.741 bits per heavy atom. The molecule has 0 atom stereocenters. The van der Waals surface area contributed by atoms with Crippen LogP contribution in [0.15, 0.2) is 90.0 Å². The van der Waals surface area contributed by atoms with Gasteiger partial charge in [-0.25, -0.2) is 5.43 Å². The number of carbonyl (C=O) groups excluding carboxylic acids is 2. The molecule has 3 aromatic carbocycles. The van der Waals surface area contributed by atoms with E-state index in [1.165, 1.54) is 0 Å². The smallest absolute Gasteiger partial charge is 0.271 e. The second-order valence-corrected chi connectivity index (χ2v) is 5.84. The van der Waals surface area contributed by atoms with Crippen molar-refractivity contribution in [2.45, 2.75) is 6.42 Å². The molecule has 3 aromatic rings. The number of carbonyl (C=O) groups is 2. The van der Waals surface area contributed by atoms with Crippen molar-refractivity contribution in [2.24, 2.45) is 5.10 Å². The topological polar surface area (TPSA) is 70.6 Å². The van der Waals surface area contributed by atoms with E-state index in [1.807, 2.05) is 36.4 Å². The number of hydrogen-bond donors (Lipinski definition) is 2. The van der Waals surface area contributed by atoms with Gasteiger partial charge in [0.2, 0.25) is 0 Å². The molecule has 134 valence electrons. The Hall–Kier alpha value is -3.73. The number of nitrogens with zero attached hydrogens (tertiary/aromatic N) is 1. The molecule has 5 nitrogen and oxygen atoms in total. The van der Waals surface area contributed by atoms with Gasteiger partial charge >= 0.3 is 0 Å². The average Bonchev–Trinajstić information content (AvgIpc) is 2.73. The van der Waals surface area contributed by atoms with Crippen molar-refractivity contribution in [3.05, 3.63) is 102 Å². The fourth-order valence-corrected chi connectivity index (χ4v) is 2.43. The van der Waals surface area contributed by atoms with Crippen LogP contribution in [-0.2, 0) is 6.42 Å². The summed E-state index contributed by atoms with van der Waals surface area (Å²) >= 11 is 0. The Bertz CT molecular complexity index is 921. The van der Waals surface area contributed by atoms with Gasteiger partial charge in [-0.1, -0.05) is 48.5 Å².